The lowest BCUT2D eigenvalue weighted by Crippen LogP contribution is -2.63. The Kier molecular flexibility index (Phi) is 11.6. The van der Waals surface area contributed by atoms with E-state index in [2.05, 4.69) is 5.32 Å². The highest BCUT2D eigenvalue weighted by atomic mass is 16.5. The maximum atomic E-state index is 13.7. The van der Waals surface area contributed by atoms with Crippen molar-refractivity contribution in [2.75, 3.05) is 27.7 Å². The first-order valence-corrected chi connectivity index (χ1v) is 11.7. The molecule has 0 bridgehead atoms. The zero-order valence-corrected chi connectivity index (χ0v) is 22.5. The smallest absolute Gasteiger partial charge is 0.333 e. The maximum absolute atomic E-state index is 13.7. The first kappa shape index (κ1) is 30.1. The number of esters is 1. The average Bonchev–Trinajstić information content (AvgIpc) is 2.69. The normalized spacial score (nSPS) is 14.9. The van der Waals surface area contributed by atoms with E-state index in [0.29, 0.717) is 25.0 Å². The highest BCUT2D eigenvalue weighted by Gasteiger charge is 2.43. The van der Waals surface area contributed by atoms with Gasteiger partial charge in [-0.05, 0) is 52.1 Å². The Morgan fingerprint density at radius 1 is 1.00 bits per heavy atom. The molecule has 0 aromatic rings. The van der Waals surface area contributed by atoms with Crippen molar-refractivity contribution >= 4 is 17.8 Å². The number of hydrogen-bond acceptors (Lipinski definition) is 5. The minimum Gasteiger partial charge on any atom is -0.463 e. The van der Waals surface area contributed by atoms with Crippen molar-refractivity contribution in [3.05, 3.63) is 11.6 Å². The summed E-state index contributed by atoms with van der Waals surface area (Å²) in [6.07, 6.45) is 3.06. The predicted octanol–water partition coefficient (Wildman–Crippen LogP) is 3.63. The van der Waals surface area contributed by atoms with Crippen LogP contribution in [0.4, 0.5) is 0 Å². The van der Waals surface area contributed by atoms with E-state index < -0.39 is 17.0 Å². The molecular formula is C25H47N3O4. The molecule has 0 aliphatic heterocycles. The summed E-state index contributed by atoms with van der Waals surface area (Å²) >= 11 is 0. The van der Waals surface area contributed by atoms with Crippen LogP contribution in [0.3, 0.4) is 0 Å². The first-order valence-electron chi connectivity index (χ1n) is 11.7. The van der Waals surface area contributed by atoms with Gasteiger partial charge in [0.25, 0.3) is 0 Å². The third-order valence-corrected chi connectivity index (χ3v) is 6.33. The zero-order valence-electron chi connectivity index (χ0n) is 22.5. The Hall–Kier alpha value is -1.89. The fourth-order valence-corrected chi connectivity index (χ4v) is 3.99. The van der Waals surface area contributed by atoms with Crippen molar-refractivity contribution in [3.8, 4) is 0 Å². The van der Waals surface area contributed by atoms with Gasteiger partial charge in [-0.2, -0.15) is 0 Å². The van der Waals surface area contributed by atoms with E-state index in [1.807, 2.05) is 67.5 Å². The van der Waals surface area contributed by atoms with Crippen molar-refractivity contribution in [2.24, 2.45) is 11.3 Å². The summed E-state index contributed by atoms with van der Waals surface area (Å²) in [4.78, 5) is 42.8. The average molecular weight is 454 g/mol. The molecule has 0 rings (SSSR count). The highest BCUT2D eigenvalue weighted by molar-refractivity contribution is 5.93. The molecule has 0 spiro atoms. The van der Waals surface area contributed by atoms with Gasteiger partial charge in [0.1, 0.15) is 6.04 Å². The van der Waals surface area contributed by atoms with Gasteiger partial charge in [-0.1, -0.05) is 54.5 Å². The maximum Gasteiger partial charge on any atom is 0.333 e. The Morgan fingerprint density at radius 2 is 1.50 bits per heavy atom. The minimum atomic E-state index is -0.713. The van der Waals surface area contributed by atoms with Crippen LogP contribution in [0.15, 0.2) is 11.6 Å². The Morgan fingerprint density at radius 3 is 1.84 bits per heavy atom. The van der Waals surface area contributed by atoms with E-state index in [-0.39, 0.29) is 29.7 Å². The molecule has 7 heteroatoms. The molecule has 186 valence electrons. The fraction of sp³-hybridized carbons (Fsp3) is 0.800. The first-order chi connectivity index (χ1) is 14.6. The van der Waals surface area contributed by atoms with Crippen molar-refractivity contribution < 1.29 is 19.1 Å². The van der Waals surface area contributed by atoms with Crippen molar-refractivity contribution in [3.63, 3.8) is 0 Å². The van der Waals surface area contributed by atoms with Crippen LogP contribution < -0.4 is 5.32 Å². The monoisotopic (exact) mass is 453 g/mol. The molecule has 0 aliphatic rings. The second-order valence-electron chi connectivity index (χ2n) is 10.2. The van der Waals surface area contributed by atoms with Gasteiger partial charge >= 0.3 is 5.97 Å². The summed E-state index contributed by atoms with van der Waals surface area (Å²) in [5.41, 5.74) is -0.715. The molecule has 32 heavy (non-hydrogen) atoms. The van der Waals surface area contributed by atoms with Gasteiger partial charge in [-0.3, -0.25) is 14.5 Å². The van der Waals surface area contributed by atoms with Crippen LogP contribution in [0.5, 0.6) is 0 Å². The second kappa shape index (κ2) is 12.4. The van der Waals surface area contributed by atoms with Gasteiger partial charge in [0.15, 0.2) is 0 Å². The molecule has 0 aromatic heterocycles. The Labute approximate surface area is 195 Å². The molecule has 0 aliphatic carbocycles. The Bertz CT molecular complexity index is 673. The van der Waals surface area contributed by atoms with Crippen LogP contribution >= 0.6 is 0 Å². The molecule has 0 radical (unpaired) electrons. The van der Waals surface area contributed by atoms with Crippen LogP contribution in [0.1, 0.15) is 75.2 Å². The molecule has 0 aromatic carbocycles. The number of hydrogen-bond donors (Lipinski definition) is 1. The van der Waals surface area contributed by atoms with Crippen molar-refractivity contribution in [1.82, 2.24) is 15.1 Å². The lowest BCUT2D eigenvalue weighted by Gasteiger charge is -2.42. The second-order valence-corrected chi connectivity index (χ2v) is 10.2. The summed E-state index contributed by atoms with van der Waals surface area (Å²) in [7, 11) is 5.51. The summed E-state index contributed by atoms with van der Waals surface area (Å²) in [6, 6.07) is -1.03. The van der Waals surface area contributed by atoms with Crippen LogP contribution in [-0.2, 0) is 19.1 Å². The highest BCUT2D eigenvalue weighted by Crippen LogP contribution is 2.27. The van der Waals surface area contributed by atoms with E-state index in [4.69, 9.17) is 4.74 Å². The summed E-state index contributed by atoms with van der Waals surface area (Å²) < 4.78 is 5.09. The number of ether oxygens (including phenoxy) is 1. The van der Waals surface area contributed by atoms with Crippen LogP contribution in [0, 0.1) is 11.3 Å². The molecule has 0 saturated carbocycles. The number of carbonyl (C=O) groups is 3. The van der Waals surface area contributed by atoms with Gasteiger partial charge in [0, 0.05) is 12.6 Å². The number of rotatable bonds is 11. The standard InChI is InChI=1S/C25H47N3O4/c1-13-25(14-2,27(10)11)23(31)26-20(24(7,8)9)21(29)28(12)19(17(4)5)16-18(6)22(30)32-15-3/h16-17,19-20H,13-15H2,1-12H3,(H,26,31)/b18-16+/t19-,20-/m1/s1. The molecule has 7 nitrogen and oxygen atoms in total. The molecule has 2 atom stereocenters. The predicted molar refractivity (Wildman–Crippen MR) is 130 cm³/mol. The molecule has 1 N–H and O–H groups in total. The number of amides is 2. The van der Waals surface area contributed by atoms with Gasteiger partial charge in [0.05, 0.1) is 18.2 Å². The lowest BCUT2D eigenvalue weighted by molar-refractivity contribution is -0.143. The fourth-order valence-electron chi connectivity index (χ4n) is 3.99. The molecule has 2 amide bonds. The zero-order chi connectivity index (χ0) is 25.4. The third kappa shape index (κ3) is 7.32. The quantitative estimate of drug-likeness (QED) is 0.382. The largest absolute Gasteiger partial charge is 0.463 e. The van der Waals surface area contributed by atoms with E-state index >= 15 is 0 Å². The summed E-state index contributed by atoms with van der Waals surface area (Å²) in [5, 5.41) is 3.07. The number of carbonyl (C=O) groups excluding carboxylic acids is 3. The van der Waals surface area contributed by atoms with Gasteiger partial charge < -0.3 is 15.0 Å². The van der Waals surface area contributed by atoms with E-state index in [1.54, 1.807) is 31.9 Å². The minimum absolute atomic E-state index is 0.0665. The van der Waals surface area contributed by atoms with Crippen molar-refractivity contribution in [1.29, 1.82) is 0 Å². The molecule has 0 fully saturated rings. The van der Waals surface area contributed by atoms with Crippen LogP contribution in [0.2, 0.25) is 0 Å². The van der Waals surface area contributed by atoms with E-state index in [9.17, 15) is 14.4 Å². The third-order valence-electron chi connectivity index (χ3n) is 6.33. The van der Waals surface area contributed by atoms with Gasteiger partial charge in [-0.15, -0.1) is 0 Å². The van der Waals surface area contributed by atoms with Crippen LogP contribution in [-0.4, -0.2) is 73.0 Å². The molecule has 0 heterocycles. The van der Waals surface area contributed by atoms with Gasteiger partial charge in [-0.25, -0.2) is 4.79 Å². The van der Waals surface area contributed by atoms with E-state index in [0.717, 1.165) is 0 Å². The van der Waals surface area contributed by atoms with Gasteiger partial charge in [0.2, 0.25) is 11.8 Å². The number of nitrogens with zero attached hydrogens (tertiary/aromatic N) is 2. The SMILES string of the molecule is CCOC(=O)/C(C)=C/[C@H](C(C)C)N(C)C(=O)[C@@H](NC(=O)C(CC)(CC)N(C)C)C(C)(C)C. The number of likely N-dealkylation sites (N-methyl/N-ethyl adjacent to an activating group) is 2. The number of nitrogens with one attached hydrogen (secondary N) is 1. The topological polar surface area (TPSA) is 79.0 Å². The summed E-state index contributed by atoms with van der Waals surface area (Å²) in [6.45, 7) is 17.6. The summed E-state index contributed by atoms with van der Waals surface area (Å²) in [5.74, 6) is -0.649. The molecule has 0 unspecified atom stereocenters. The molecule has 0 saturated heterocycles. The lowest BCUT2D eigenvalue weighted by atomic mass is 9.83. The van der Waals surface area contributed by atoms with Crippen LogP contribution in [0.25, 0.3) is 0 Å². The molecular weight excluding hydrogens is 406 g/mol. The van der Waals surface area contributed by atoms with Crippen molar-refractivity contribution in [2.45, 2.75) is 92.8 Å². The van der Waals surface area contributed by atoms with E-state index in [1.165, 1.54) is 0 Å². The Balaban J connectivity index is 6.06.